The number of hydrogen-bond donors (Lipinski definition) is 0. The van der Waals surface area contributed by atoms with Gasteiger partial charge in [-0.25, -0.2) is 8.42 Å². The van der Waals surface area contributed by atoms with Crippen LogP contribution in [-0.2, 0) is 14.8 Å². The van der Waals surface area contributed by atoms with Gasteiger partial charge in [0.15, 0.2) is 5.76 Å². The van der Waals surface area contributed by atoms with E-state index in [0.29, 0.717) is 24.6 Å². The van der Waals surface area contributed by atoms with E-state index in [2.05, 4.69) is 21.1 Å². The molecule has 0 spiro atoms. The van der Waals surface area contributed by atoms with Crippen LogP contribution in [0, 0.1) is 13.8 Å². The quantitative estimate of drug-likeness (QED) is 0.730. The van der Waals surface area contributed by atoms with Gasteiger partial charge in [-0.3, -0.25) is 0 Å². The number of alkyl halides is 1. The Labute approximate surface area is 115 Å². The zero-order valence-corrected chi connectivity index (χ0v) is 13.2. The number of ether oxygens (including phenoxy) is 1. The van der Waals surface area contributed by atoms with E-state index in [9.17, 15) is 8.42 Å². The largest absolute Gasteiger partial charge is 0.383 e. The summed E-state index contributed by atoms with van der Waals surface area (Å²) in [7, 11) is -0.493. The third-order valence-electron chi connectivity index (χ3n) is 2.44. The van der Waals surface area contributed by atoms with E-state index in [4.69, 9.17) is 9.26 Å². The van der Waals surface area contributed by atoms with Crippen molar-refractivity contribution in [1.29, 1.82) is 0 Å². The fourth-order valence-corrected chi connectivity index (χ4v) is 4.00. The molecule has 0 N–H and O–H groups in total. The minimum absolute atomic E-state index is 0.0669. The molecule has 0 amide bonds. The van der Waals surface area contributed by atoms with E-state index in [1.54, 1.807) is 21.0 Å². The minimum Gasteiger partial charge on any atom is -0.383 e. The van der Waals surface area contributed by atoms with Gasteiger partial charge < -0.3 is 9.26 Å². The van der Waals surface area contributed by atoms with E-state index in [-0.39, 0.29) is 9.72 Å². The van der Waals surface area contributed by atoms with Crippen LogP contribution in [0.1, 0.15) is 11.5 Å². The van der Waals surface area contributed by atoms with Gasteiger partial charge in [0.2, 0.25) is 10.0 Å². The molecular weight excluding hydrogens is 324 g/mol. The average molecular weight is 341 g/mol. The summed E-state index contributed by atoms with van der Waals surface area (Å²) in [6, 6.07) is 0. The van der Waals surface area contributed by atoms with E-state index >= 15 is 0 Å². The van der Waals surface area contributed by atoms with Crippen molar-refractivity contribution in [2.75, 3.05) is 27.3 Å². The molecule has 0 fully saturated rings. The van der Waals surface area contributed by atoms with Gasteiger partial charge in [-0.2, -0.15) is 4.31 Å². The lowest BCUT2D eigenvalue weighted by Gasteiger charge is -2.19. The van der Waals surface area contributed by atoms with Gasteiger partial charge in [0, 0.05) is 20.7 Å². The van der Waals surface area contributed by atoms with E-state index < -0.39 is 10.0 Å². The molecule has 0 aromatic carbocycles. The van der Waals surface area contributed by atoms with Crippen molar-refractivity contribution < 1.29 is 17.7 Å². The number of halogens is 1. The minimum atomic E-state index is -3.58. The van der Waals surface area contributed by atoms with E-state index in [0.717, 1.165) is 0 Å². The van der Waals surface area contributed by atoms with Gasteiger partial charge in [-0.15, -0.1) is 0 Å². The number of aromatic nitrogens is 1. The number of methoxy groups -OCH3 is 1. The molecule has 8 heteroatoms. The first-order valence-corrected chi connectivity index (χ1v) is 7.68. The van der Waals surface area contributed by atoms with Gasteiger partial charge in [0.05, 0.1) is 11.4 Å². The van der Waals surface area contributed by atoms with Crippen LogP contribution in [-0.4, -0.2) is 50.0 Å². The first-order chi connectivity index (χ1) is 8.30. The molecule has 1 atom stereocenters. The Hall–Kier alpha value is -0.440. The Morgan fingerprint density at radius 1 is 1.50 bits per heavy atom. The van der Waals surface area contributed by atoms with Crippen LogP contribution < -0.4 is 0 Å². The normalized spacial score (nSPS) is 14.1. The highest BCUT2D eigenvalue weighted by Gasteiger charge is 2.29. The standard InChI is InChI=1S/C10H17BrN2O4S/c1-7-10(8(2)17-12-7)18(14,15)13(3)5-9(11)6-16-4/h9H,5-6H2,1-4H3. The highest BCUT2D eigenvalue weighted by Crippen LogP contribution is 2.22. The lowest BCUT2D eigenvalue weighted by atomic mass is 10.4. The van der Waals surface area contributed by atoms with Gasteiger partial charge in [-0.05, 0) is 13.8 Å². The predicted octanol–water partition coefficient (Wildman–Crippen LogP) is 1.32. The summed E-state index contributed by atoms with van der Waals surface area (Å²) in [5.41, 5.74) is 0.372. The molecule has 1 aromatic rings. The van der Waals surface area contributed by atoms with Crippen LogP contribution in [0.15, 0.2) is 9.42 Å². The maximum atomic E-state index is 12.3. The summed E-state index contributed by atoms with van der Waals surface area (Å²) in [6.45, 7) is 3.93. The average Bonchev–Trinajstić information content (AvgIpc) is 2.59. The second-order valence-corrected chi connectivity index (χ2v) is 7.27. The number of hydrogen-bond acceptors (Lipinski definition) is 5. The summed E-state index contributed by atoms with van der Waals surface area (Å²) in [5.74, 6) is 0.303. The van der Waals surface area contributed by atoms with Crippen molar-refractivity contribution in [3.63, 3.8) is 0 Å². The SMILES string of the molecule is COCC(Br)CN(C)S(=O)(=O)c1c(C)noc1C. The van der Waals surface area contributed by atoms with Crippen LogP contribution in [0.5, 0.6) is 0 Å². The van der Waals surface area contributed by atoms with Crippen molar-refractivity contribution in [1.82, 2.24) is 9.46 Å². The summed E-state index contributed by atoms with van der Waals surface area (Å²) >= 11 is 3.36. The van der Waals surface area contributed by atoms with Gasteiger partial charge in [-0.1, -0.05) is 21.1 Å². The zero-order valence-electron chi connectivity index (χ0n) is 10.8. The zero-order chi connectivity index (χ0) is 13.9. The second-order valence-electron chi connectivity index (χ2n) is 3.99. The van der Waals surface area contributed by atoms with Crippen molar-refractivity contribution in [2.45, 2.75) is 23.6 Å². The Morgan fingerprint density at radius 2 is 2.11 bits per heavy atom. The molecule has 0 bridgehead atoms. The molecule has 0 radical (unpaired) electrons. The van der Waals surface area contributed by atoms with Crippen LogP contribution in [0.25, 0.3) is 0 Å². The van der Waals surface area contributed by atoms with Crippen LogP contribution in [0.3, 0.4) is 0 Å². The summed E-state index contributed by atoms with van der Waals surface area (Å²) < 4.78 is 35.8. The molecule has 18 heavy (non-hydrogen) atoms. The maximum absolute atomic E-state index is 12.3. The van der Waals surface area contributed by atoms with E-state index in [1.807, 2.05) is 0 Å². The number of nitrogens with zero attached hydrogens (tertiary/aromatic N) is 2. The molecule has 1 aromatic heterocycles. The summed E-state index contributed by atoms with van der Waals surface area (Å²) in [6.07, 6.45) is 0. The highest BCUT2D eigenvalue weighted by molar-refractivity contribution is 9.09. The van der Waals surface area contributed by atoms with Gasteiger partial charge in [0.25, 0.3) is 0 Å². The number of aryl methyl sites for hydroxylation is 2. The molecule has 1 rings (SSSR count). The third kappa shape index (κ3) is 3.31. The summed E-state index contributed by atoms with van der Waals surface area (Å²) in [5, 5.41) is 3.66. The number of rotatable bonds is 6. The Morgan fingerprint density at radius 3 is 2.56 bits per heavy atom. The molecule has 0 saturated heterocycles. The molecule has 1 heterocycles. The fourth-order valence-electron chi connectivity index (χ4n) is 1.61. The smallest absolute Gasteiger partial charge is 0.248 e. The number of sulfonamides is 1. The molecular formula is C10H17BrN2O4S. The lowest BCUT2D eigenvalue weighted by Crippen LogP contribution is -2.34. The Kier molecular flexibility index (Phi) is 5.32. The van der Waals surface area contributed by atoms with Crippen LogP contribution in [0.2, 0.25) is 0 Å². The molecule has 104 valence electrons. The summed E-state index contributed by atoms with van der Waals surface area (Å²) in [4.78, 5) is 0.0739. The fraction of sp³-hybridized carbons (Fsp3) is 0.700. The second kappa shape index (κ2) is 6.14. The molecule has 1 unspecified atom stereocenters. The third-order valence-corrected chi connectivity index (χ3v) is 5.06. The highest BCUT2D eigenvalue weighted by atomic mass is 79.9. The molecule has 0 aliphatic heterocycles. The maximum Gasteiger partial charge on any atom is 0.248 e. The van der Waals surface area contributed by atoms with Crippen molar-refractivity contribution >= 4 is 26.0 Å². The topological polar surface area (TPSA) is 72.6 Å². The van der Waals surface area contributed by atoms with Crippen LogP contribution in [0.4, 0.5) is 0 Å². The van der Waals surface area contributed by atoms with Crippen molar-refractivity contribution in [2.24, 2.45) is 0 Å². The van der Waals surface area contributed by atoms with Gasteiger partial charge in [0.1, 0.15) is 10.6 Å². The van der Waals surface area contributed by atoms with Gasteiger partial charge >= 0.3 is 0 Å². The van der Waals surface area contributed by atoms with Crippen molar-refractivity contribution in [3.8, 4) is 0 Å². The van der Waals surface area contributed by atoms with Crippen LogP contribution >= 0.6 is 15.9 Å². The lowest BCUT2D eigenvalue weighted by molar-refractivity contribution is 0.195. The first kappa shape index (κ1) is 15.6. The van der Waals surface area contributed by atoms with Crippen molar-refractivity contribution in [3.05, 3.63) is 11.5 Å². The Bertz CT molecular complexity index is 480. The molecule has 0 aliphatic rings. The Balaban J connectivity index is 2.94. The first-order valence-electron chi connectivity index (χ1n) is 5.33. The molecule has 0 aliphatic carbocycles. The monoisotopic (exact) mass is 340 g/mol. The molecule has 6 nitrogen and oxygen atoms in total. The van der Waals surface area contributed by atoms with E-state index in [1.165, 1.54) is 11.4 Å². The molecule has 0 saturated carbocycles. The predicted molar refractivity (Wildman–Crippen MR) is 70.4 cm³/mol.